The van der Waals surface area contributed by atoms with Gasteiger partial charge in [0, 0.05) is 22.5 Å². The fourth-order valence-electron chi connectivity index (χ4n) is 4.39. The van der Waals surface area contributed by atoms with E-state index in [1.165, 1.54) is 32.6 Å². The number of aromatic nitrogens is 1. The first-order valence-corrected chi connectivity index (χ1v) is 14.4. The molecule has 2 nitrogen and oxygen atoms in total. The highest BCUT2D eigenvalue weighted by atomic mass is 28.3. The molecule has 0 N–H and O–H groups in total. The smallest absolute Gasteiger partial charge is 0.144 e. The van der Waals surface area contributed by atoms with Crippen molar-refractivity contribution in [2.75, 3.05) is 0 Å². The molecular weight excluding hydrogens is 382 g/mol. The zero-order chi connectivity index (χ0) is 21.8. The molecule has 0 saturated heterocycles. The molecule has 4 rings (SSSR count). The van der Waals surface area contributed by atoms with Crippen molar-refractivity contribution in [3.63, 3.8) is 0 Å². The van der Waals surface area contributed by atoms with Gasteiger partial charge in [-0.2, -0.15) is 0 Å². The van der Waals surface area contributed by atoms with Gasteiger partial charge >= 0.3 is 0 Å². The van der Waals surface area contributed by atoms with Crippen LogP contribution in [-0.4, -0.2) is 13.1 Å². The molecule has 2 aromatic carbocycles. The van der Waals surface area contributed by atoms with E-state index in [1.54, 1.807) is 0 Å². The van der Waals surface area contributed by atoms with Gasteiger partial charge in [-0.1, -0.05) is 64.7 Å². The summed E-state index contributed by atoms with van der Waals surface area (Å²) in [6.45, 7) is 18.3. The summed E-state index contributed by atoms with van der Waals surface area (Å²) in [5.41, 5.74) is 8.06. The molecule has 30 heavy (non-hydrogen) atoms. The molecule has 0 bridgehead atoms. The average Bonchev–Trinajstić information content (AvgIpc) is 3.04. The van der Waals surface area contributed by atoms with Crippen LogP contribution < -0.4 is 5.19 Å². The Labute approximate surface area is 181 Å². The van der Waals surface area contributed by atoms with Gasteiger partial charge in [-0.15, -0.1) is 0 Å². The number of nitrogens with zero attached hydrogens (tertiary/aromatic N) is 1. The molecule has 0 unspecified atom stereocenters. The number of rotatable bonds is 3. The Hall–Kier alpha value is -2.39. The van der Waals surface area contributed by atoms with Gasteiger partial charge in [-0.05, 0) is 59.7 Å². The molecule has 0 spiro atoms. The SMILES string of the molecule is Cc1ccc(C)c2c1oc1c(-c3ccc(CC(C)(C)C)cn3)ccc([Si](C)(C)C)c12. The van der Waals surface area contributed by atoms with Crippen molar-refractivity contribution in [1.82, 2.24) is 4.98 Å². The van der Waals surface area contributed by atoms with Crippen LogP contribution in [0.2, 0.25) is 19.6 Å². The fraction of sp³-hybridized carbons (Fsp3) is 0.370. The molecule has 0 aliphatic rings. The maximum atomic E-state index is 6.58. The highest BCUT2D eigenvalue weighted by Crippen LogP contribution is 2.38. The van der Waals surface area contributed by atoms with Gasteiger partial charge in [0.1, 0.15) is 11.2 Å². The van der Waals surface area contributed by atoms with Crippen LogP contribution in [0.3, 0.4) is 0 Å². The molecule has 0 radical (unpaired) electrons. The van der Waals surface area contributed by atoms with E-state index in [1.807, 2.05) is 6.20 Å². The molecule has 0 aliphatic heterocycles. The lowest BCUT2D eigenvalue weighted by molar-refractivity contribution is 0.411. The summed E-state index contributed by atoms with van der Waals surface area (Å²) in [4.78, 5) is 4.84. The number of pyridine rings is 1. The zero-order valence-corrected chi connectivity index (χ0v) is 20.6. The number of aryl methyl sites for hydroxylation is 2. The van der Waals surface area contributed by atoms with Crippen molar-refractivity contribution in [1.29, 1.82) is 0 Å². The number of furan rings is 1. The largest absolute Gasteiger partial charge is 0.455 e. The van der Waals surface area contributed by atoms with Crippen molar-refractivity contribution in [2.45, 2.75) is 60.7 Å². The van der Waals surface area contributed by atoms with E-state index < -0.39 is 8.07 Å². The van der Waals surface area contributed by atoms with E-state index in [2.05, 4.69) is 90.7 Å². The third-order valence-corrected chi connectivity index (χ3v) is 7.85. The van der Waals surface area contributed by atoms with Crippen LogP contribution in [0.4, 0.5) is 0 Å². The van der Waals surface area contributed by atoms with Crippen LogP contribution in [0.25, 0.3) is 33.2 Å². The highest BCUT2D eigenvalue weighted by Gasteiger charge is 2.26. The maximum absolute atomic E-state index is 6.58. The van der Waals surface area contributed by atoms with Crippen molar-refractivity contribution < 1.29 is 4.42 Å². The minimum Gasteiger partial charge on any atom is -0.455 e. The summed E-state index contributed by atoms with van der Waals surface area (Å²) in [5.74, 6) is 0. The van der Waals surface area contributed by atoms with Crippen molar-refractivity contribution >= 4 is 35.2 Å². The van der Waals surface area contributed by atoms with E-state index in [0.717, 1.165) is 28.8 Å². The monoisotopic (exact) mass is 415 g/mol. The predicted octanol–water partition coefficient (Wildman–Crippen LogP) is 7.40. The first kappa shape index (κ1) is 20.9. The number of benzene rings is 2. The number of fused-ring (bicyclic) bond motifs is 3. The molecule has 4 aromatic rings. The normalized spacial score (nSPS) is 12.8. The van der Waals surface area contributed by atoms with Crippen LogP contribution in [0, 0.1) is 19.3 Å². The molecule has 0 saturated carbocycles. The quantitative estimate of drug-likeness (QED) is 0.326. The molecular formula is C27H33NOSi. The van der Waals surface area contributed by atoms with Crippen LogP contribution in [0.5, 0.6) is 0 Å². The zero-order valence-electron chi connectivity index (χ0n) is 19.6. The summed E-state index contributed by atoms with van der Waals surface area (Å²) in [5, 5.41) is 4.02. The Balaban J connectivity index is 1.99. The Morgan fingerprint density at radius 3 is 2.13 bits per heavy atom. The van der Waals surface area contributed by atoms with Gasteiger partial charge in [0.15, 0.2) is 0 Å². The molecule has 0 amide bonds. The second kappa shape index (κ2) is 7.09. The first-order valence-electron chi connectivity index (χ1n) is 10.9. The Morgan fingerprint density at radius 1 is 0.833 bits per heavy atom. The average molecular weight is 416 g/mol. The molecule has 2 heterocycles. The summed E-state index contributed by atoms with van der Waals surface area (Å²) >= 11 is 0. The second-order valence-corrected chi connectivity index (χ2v) is 15.9. The first-order chi connectivity index (χ1) is 14.0. The van der Waals surface area contributed by atoms with Gasteiger partial charge < -0.3 is 4.42 Å². The summed E-state index contributed by atoms with van der Waals surface area (Å²) < 4.78 is 6.58. The lowest BCUT2D eigenvalue weighted by Crippen LogP contribution is -2.38. The van der Waals surface area contributed by atoms with E-state index >= 15 is 0 Å². The summed E-state index contributed by atoms with van der Waals surface area (Å²) in [6, 6.07) is 13.3. The van der Waals surface area contributed by atoms with Gasteiger partial charge in [0.05, 0.1) is 13.8 Å². The standard InChI is InChI=1S/C27H33NOSi/c1-17-9-10-18(2)25-23(17)24-22(30(6,7)8)14-12-20(26(24)29-25)21-13-11-19(16-28-21)15-27(3,4)5/h9-14,16H,15H2,1-8H3. The van der Waals surface area contributed by atoms with Gasteiger partial charge in [-0.3, -0.25) is 4.98 Å². The van der Waals surface area contributed by atoms with Crippen LogP contribution in [-0.2, 0) is 6.42 Å². The minimum atomic E-state index is -1.56. The van der Waals surface area contributed by atoms with E-state index in [9.17, 15) is 0 Å². The predicted molar refractivity (Wildman–Crippen MR) is 133 cm³/mol. The second-order valence-electron chi connectivity index (χ2n) is 10.9. The third kappa shape index (κ3) is 3.71. The Morgan fingerprint density at radius 2 is 1.53 bits per heavy atom. The fourth-order valence-corrected chi connectivity index (χ4v) is 5.97. The van der Waals surface area contributed by atoms with E-state index in [-0.39, 0.29) is 5.41 Å². The lowest BCUT2D eigenvalue weighted by Gasteiger charge is -2.19. The van der Waals surface area contributed by atoms with Crippen molar-refractivity contribution in [2.24, 2.45) is 5.41 Å². The topological polar surface area (TPSA) is 26.0 Å². The molecule has 2 aromatic heterocycles. The van der Waals surface area contributed by atoms with Gasteiger partial charge in [0.25, 0.3) is 0 Å². The molecule has 0 fully saturated rings. The van der Waals surface area contributed by atoms with Gasteiger partial charge in [0.2, 0.25) is 0 Å². The van der Waals surface area contributed by atoms with E-state index in [4.69, 9.17) is 9.40 Å². The van der Waals surface area contributed by atoms with Crippen molar-refractivity contribution in [3.8, 4) is 11.3 Å². The molecule has 156 valence electrons. The highest BCUT2D eigenvalue weighted by molar-refractivity contribution is 6.90. The van der Waals surface area contributed by atoms with Crippen molar-refractivity contribution in [3.05, 3.63) is 59.3 Å². The van der Waals surface area contributed by atoms with Gasteiger partial charge in [-0.25, -0.2) is 0 Å². The lowest BCUT2D eigenvalue weighted by atomic mass is 9.89. The Kier molecular flexibility index (Phi) is 4.93. The van der Waals surface area contributed by atoms with E-state index in [0.29, 0.717) is 0 Å². The number of hydrogen-bond acceptors (Lipinski definition) is 2. The summed E-state index contributed by atoms with van der Waals surface area (Å²) in [7, 11) is -1.56. The molecule has 0 atom stereocenters. The Bertz CT molecular complexity index is 1230. The molecule has 3 heteroatoms. The summed E-state index contributed by atoms with van der Waals surface area (Å²) in [6.07, 6.45) is 3.05. The van der Waals surface area contributed by atoms with Crippen LogP contribution in [0.1, 0.15) is 37.5 Å². The minimum absolute atomic E-state index is 0.253. The third-order valence-electron chi connectivity index (χ3n) is 5.82. The number of hydrogen-bond donors (Lipinski definition) is 0. The van der Waals surface area contributed by atoms with Crippen LogP contribution >= 0.6 is 0 Å². The van der Waals surface area contributed by atoms with Crippen LogP contribution in [0.15, 0.2) is 47.0 Å². The molecule has 0 aliphatic carbocycles. The maximum Gasteiger partial charge on any atom is 0.144 e.